The van der Waals surface area contributed by atoms with Gasteiger partial charge in [-0.1, -0.05) is 6.07 Å². The Morgan fingerprint density at radius 1 is 1.32 bits per heavy atom. The average Bonchev–Trinajstić information content (AvgIpc) is 2.91. The summed E-state index contributed by atoms with van der Waals surface area (Å²) in [4.78, 5) is -0.141. The molecule has 0 saturated carbocycles. The van der Waals surface area contributed by atoms with Crippen molar-refractivity contribution in [1.29, 1.82) is 0 Å². The molecule has 10 heteroatoms. The van der Waals surface area contributed by atoms with Gasteiger partial charge in [-0.2, -0.15) is 4.31 Å². The Labute approximate surface area is 148 Å². The van der Waals surface area contributed by atoms with Crippen LogP contribution < -0.4 is 4.72 Å². The van der Waals surface area contributed by atoms with E-state index in [0.717, 1.165) is 12.3 Å². The molecule has 0 spiro atoms. The van der Waals surface area contributed by atoms with Gasteiger partial charge in [-0.25, -0.2) is 25.9 Å². The standard InChI is InChI=1S/C15H23FN2O5S2/c1-12-4-5-13(10-14(12)16)25(21,22)18-8-6-15(11-18,7-9-23-2)17-24(3,19)20/h4-5,10,17H,6-9,11H2,1-3H3. The van der Waals surface area contributed by atoms with Crippen LogP contribution in [0.1, 0.15) is 18.4 Å². The minimum atomic E-state index is -3.91. The molecule has 2 rings (SSSR count). The summed E-state index contributed by atoms with van der Waals surface area (Å²) in [7, 11) is -5.95. The highest BCUT2D eigenvalue weighted by Gasteiger charge is 2.44. The van der Waals surface area contributed by atoms with Gasteiger partial charge in [0.2, 0.25) is 20.0 Å². The second kappa shape index (κ2) is 7.28. The molecule has 1 saturated heterocycles. The topological polar surface area (TPSA) is 92.8 Å². The fourth-order valence-electron chi connectivity index (χ4n) is 2.95. The van der Waals surface area contributed by atoms with Crippen molar-refractivity contribution in [3.8, 4) is 0 Å². The van der Waals surface area contributed by atoms with Gasteiger partial charge in [-0.3, -0.25) is 0 Å². The molecule has 0 aliphatic carbocycles. The van der Waals surface area contributed by atoms with Gasteiger partial charge < -0.3 is 4.74 Å². The minimum absolute atomic E-state index is 0.0265. The van der Waals surface area contributed by atoms with E-state index in [0.29, 0.717) is 18.4 Å². The maximum absolute atomic E-state index is 13.7. The number of ether oxygens (including phenoxy) is 1. The molecule has 142 valence electrons. The van der Waals surface area contributed by atoms with Crippen LogP contribution >= 0.6 is 0 Å². The summed E-state index contributed by atoms with van der Waals surface area (Å²) in [5.74, 6) is -0.597. The molecule has 1 aliphatic rings. The second-order valence-electron chi connectivity index (χ2n) is 6.40. The summed E-state index contributed by atoms with van der Waals surface area (Å²) in [5.41, 5.74) is -0.576. The van der Waals surface area contributed by atoms with E-state index in [2.05, 4.69) is 4.72 Å². The molecule has 0 aromatic heterocycles. The van der Waals surface area contributed by atoms with E-state index in [4.69, 9.17) is 4.74 Å². The molecule has 1 aliphatic heterocycles. The third kappa shape index (κ3) is 4.76. The van der Waals surface area contributed by atoms with Crippen LogP contribution in [0.3, 0.4) is 0 Å². The largest absolute Gasteiger partial charge is 0.385 e. The highest BCUT2D eigenvalue weighted by atomic mass is 32.2. The van der Waals surface area contributed by atoms with Gasteiger partial charge in [0.1, 0.15) is 5.82 Å². The Morgan fingerprint density at radius 3 is 2.56 bits per heavy atom. The number of hydrogen-bond acceptors (Lipinski definition) is 5. The predicted molar refractivity (Wildman–Crippen MR) is 91.7 cm³/mol. The Bertz CT molecular complexity index is 841. The number of benzene rings is 1. The van der Waals surface area contributed by atoms with Crippen LogP contribution in [-0.2, 0) is 24.8 Å². The predicted octanol–water partition coefficient (Wildman–Crippen LogP) is 0.853. The lowest BCUT2D eigenvalue weighted by Gasteiger charge is -2.29. The van der Waals surface area contributed by atoms with Crippen molar-refractivity contribution in [3.63, 3.8) is 0 Å². The molecule has 7 nitrogen and oxygen atoms in total. The molecular formula is C15H23FN2O5S2. The summed E-state index contributed by atoms with van der Waals surface area (Å²) in [5, 5.41) is 0. The van der Waals surface area contributed by atoms with Crippen molar-refractivity contribution in [2.45, 2.75) is 30.2 Å². The summed E-state index contributed by atoms with van der Waals surface area (Å²) < 4.78 is 71.5. The van der Waals surface area contributed by atoms with E-state index >= 15 is 0 Å². The highest BCUT2D eigenvalue weighted by molar-refractivity contribution is 7.89. The first-order valence-corrected chi connectivity index (χ1v) is 11.1. The summed E-state index contributed by atoms with van der Waals surface area (Å²) >= 11 is 0. The van der Waals surface area contributed by atoms with Gasteiger partial charge >= 0.3 is 0 Å². The summed E-state index contributed by atoms with van der Waals surface area (Å²) in [6.45, 7) is 1.95. The molecular weight excluding hydrogens is 371 g/mol. The van der Waals surface area contributed by atoms with Gasteiger partial charge in [-0.15, -0.1) is 0 Å². The molecule has 1 fully saturated rings. The fourth-order valence-corrected chi connectivity index (χ4v) is 5.55. The normalized spacial score (nSPS) is 22.4. The zero-order valence-electron chi connectivity index (χ0n) is 14.5. The monoisotopic (exact) mass is 394 g/mol. The molecule has 1 unspecified atom stereocenters. The lowest BCUT2D eigenvalue weighted by molar-refractivity contribution is 0.165. The van der Waals surface area contributed by atoms with Crippen LogP contribution in [0.15, 0.2) is 23.1 Å². The van der Waals surface area contributed by atoms with Crippen LogP contribution in [0.5, 0.6) is 0 Å². The number of nitrogens with zero attached hydrogens (tertiary/aromatic N) is 1. The Kier molecular flexibility index (Phi) is 5.89. The first-order valence-electron chi connectivity index (χ1n) is 7.73. The molecule has 0 bridgehead atoms. The molecule has 0 amide bonds. The molecule has 25 heavy (non-hydrogen) atoms. The van der Waals surface area contributed by atoms with Crippen molar-refractivity contribution in [1.82, 2.24) is 9.03 Å². The highest BCUT2D eigenvalue weighted by Crippen LogP contribution is 2.30. The maximum atomic E-state index is 13.7. The van der Waals surface area contributed by atoms with E-state index in [1.54, 1.807) is 6.92 Å². The lowest BCUT2D eigenvalue weighted by atomic mass is 9.96. The van der Waals surface area contributed by atoms with Gasteiger partial charge in [0, 0.05) is 32.3 Å². The summed E-state index contributed by atoms with van der Waals surface area (Å²) in [6.07, 6.45) is 1.69. The van der Waals surface area contributed by atoms with E-state index in [9.17, 15) is 21.2 Å². The van der Waals surface area contributed by atoms with Crippen LogP contribution in [-0.4, -0.2) is 59.7 Å². The van der Waals surface area contributed by atoms with E-state index in [1.165, 1.54) is 23.5 Å². The smallest absolute Gasteiger partial charge is 0.243 e. The van der Waals surface area contributed by atoms with Gasteiger partial charge in [-0.05, 0) is 37.5 Å². The van der Waals surface area contributed by atoms with Crippen molar-refractivity contribution in [2.75, 3.05) is 33.1 Å². The van der Waals surface area contributed by atoms with Crippen LogP contribution in [0.25, 0.3) is 0 Å². The molecule has 1 atom stereocenters. The van der Waals surface area contributed by atoms with Crippen molar-refractivity contribution in [2.24, 2.45) is 0 Å². The number of nitrogens with one attached hydrogen (secondary N) is 1. The SMILES string of the molecule is COCCC1(NS(C)(=O)=O)CCN(S(=O)(=O)c2ccc(C)c(F)c2)C1. The Hall–Kier alpha value is -1.07. The first-order chi connectivity index (χ1) is 11.5. The molecule has 1 N–H and O–H groups in total. The van der Waals surface area contributed by atoms with E-state index < -0.39 is 31.4 Å². The number of halogens is 1. The number of aryl methyl sites for hydroxylation is 1. The number of rotatable bonds is 7. The van der Waals surface area contributed by atoms with Crippen LogP contribution in [0.2, 0.25) is 0 Å². The number of hydrogen-bond donors (Lipinski definition) is 1. The van der Waals surface area contributed by atoms with Gasteiger partial charge in [0.25, 0.3) is 0 Å². The molecule has 1 aromatic rings. The Morgan fingerprint density at radius 2 is 2.00 bits per heavy atom. The van der Waals surface area contributed by atoms with Gasteiger partial charge in [0.05, 0.1) is 11.2 Å². The summed E-state index contributed by atoms with van der Waals surface area (Å²) in [6, 6.07) is 3.75. The van der Waals surface area contributed by atoms with Crippen molar-refractivity contribution >= 4 is 20.0 Å². The minimum Gasteiger partial charge on any atom is -0.385 e. The average molecular weight is 394 g/mol. The lowest BCUT2D eigenvalue weighted by Crippen LogP contribution is -2.51. The van der Waals surface area contributed by atoms with E-state index in [-0.39, 0.29) is 24.6 Å². The maximum Gasteiger partial charge on any atom is 0.243 e. The zero-order chi connectivity index (χ0) is 18.9. The van der Waals surface area contributed by atoms with E-state index in [1.807, 2.05) is 0 Å². The van der Waals surface area contributed by atoms with Crippen LogP contribution in [0.4, 0.5) is 4.39 Å². The Balaban J connectivity index is 2.30. The number of methoxy groups -OCH3 is 1. The van der Waals surface area contributed by atoms with Crippen molar-refractivity contribution < 1.29 is 26.0 Å². The zero-order valence-corrected chi connectivity index (χ0v) is 16.1. The second-order valence-corrected chi connectivity index (χ2v) is 10.1. The molecule has 1 heterocycles. The fraction of sp³-hybridized carbons (Fsp3) is 0.600. The third-order valence-electron chi connectivity index (χ3n) is 4.29. The third-order valence-corrected chi connectivity index (χ3v) is 6.93. The molecule has 1 aromatic carbocycles. The number of sulfonamides is 2. The van der Waals surface area contributed by atoms with Crippen molar-refractivity contribution in [3.05, 3.63) is 29.6 Å². The van der Waals surface area contributed by atoms with Crippen LogP contribution in [0, 0.1) is 12.7 Å². The quantitative estimate of drug-likeness (QED) is 0.740. The first kappa shape index (κ1) is 20.2. The molecule has 0 radical (unpaired) electrons. The van der Waals surface area contributed by atoms with Gasteiger partial charge in [0.15, 0.2) is 0 Å².